The fourth-order valence-electron chi connectivity index (χ4n) is 2.68. The van der Waals surface area contributed by atoms with Crippen molar-refractivity contribution in [2.45, 2.75) is 26.8 Å². The number of hydrogen-bond donors (Lipinski definition) is 0. The first kappa shape index (κ1) is 14.4. The van der Waals surface area contributed by atoms with Crippen molar-refractivity contribution in [3.8, 4) is 11.1 Å². The minimum absolute atomic E-state index is 0.327. The van der Waals surface area contributed by atoms with Crippen molar-refractivity contribution in [2.75, 3.05) is 0 Å². The lowest BCUT2D eigenvalue weighted by Gasteiger charge is -2.11. The maximum Gasteiger partial charge on any atom is 0.107 e. The molecule has 0 saturated heterocycles. The summed E-state index contributed by atoms with van der Waals surface area (Å²) in [4.78, 5) is 9.06. The summed E-state index contributed by atoms with van der Waals surface area (Å²) >= 11 is 12.3. The Balaban J connectivity index is 2.31. The van der Waals surface area contributed by atoms with Gasteiger partial charge >= 0.3 is 0 Å². The Morgan fingerprint density at radius 1 is 1.10 bits per heavy atom. The van der Waals surface area contributed by atoms with Crippen LogP contribution in [0.5, 0.6) is 0 Å². The summed E-state index contributed by atoms with van der Waals surface area (Å²) in [6.45, 7) is 6.28. The molecule has 0 fully saturated rings. The Hall–Kier alpha value is -1.58. The highest BCUT2D eigenvalue weighted by atomic mass is 35.5. The average molecular weight is 320 g/mol. The lowest BCUT2D eigenvalue weighted by Crippen LogP contribution is -2.02. The first-order chi connectivity index (χ1) is 9.99. The van der Waals surface area contributed by atoms with Gasteiger partial charge < -0.3 is 4.57 Å². The monoisotopic (exact) mass is 319 g/mol. The lowest BCUT2D eigenvalue weighted by molar-refractivity contribution is 0.599. The molecule has 0 amide bonds. The van der Waals surface area contributed by atoms with E-state index in [4.69, 9.17) is 28.2 Å². The molecule has 2 aromatic heterocycles. The number of hydrogen-bond acceptors (Lipinski definition) is 2. The molecular formula is C16H15Cl2N3. The second-order valence-corrected chi connectivity index (χ2v) is 6.15. The molecule has 0 unspecified atom stereocenters. The molecule has 0 aliphatic carbocycles. The average Bonchev–Trinajstić information content (AvgIpc) is 2.75. The van der Waals surface area contributed by atoms with Gasteiger partial charge in [0, 0.05) is 28.4 Å². The highest BCUT2D eigenvalue weighted by Gasteiger charge is 2.16. The van der Waals surface area contributed by atoms with Crippen LogP contribution in [-0.2, 0) is 0 Å². The maximum atomic E-state index is 6.33. The van der Waals surface area contributed by atoms with Crippen LogP contribution in [-0.4, -0.2) is 14.5 Å². The molecule has 0 aliphatic rings. The zero-order valence-electron chi connectivity index (χ0n) is 12.1. The van der Waals surface area contributed by atoms with Crippen molar-refractivity contribution in [1.82, 2.24) is 14.5 Å². The molecule has 0 bridgehead atoms. The Kier molecular flexibility index (Phi) is 3.64. The third-order valence-corrected chi connectivity index (χ3v) is 4.07. The van der Waals surface area contributed by atoms with Gasteiger partial charge in [-0.15, -0.1) is 0 Å². The summed E-state index contributed by atoms with van der Waals surface area (Å²) in [5.74, 6) is 0.972. The molecule has 0 spiro atoms. The van der Waals surface area contributed by atoms with E-state index in [1.165, 1.54) is 0 Å². The van der Waals surface area contributed by atoms with Crippen LogP contribution in [0.25, 0.3) is 22.2 Å². The molecule has 108 valence electrons. The summed E-state index contributed by atoms with van der Waals surface area (Å²) < 4.78 is 2.18. The molecule has 3 nitrogen and oxygen atoms in total. The number of aromatic nitrogens is 3. The van der Waals surface area contributed by atoms with E-state index < -0.39 is 0 Å². The van der Waals surface area contributed by atoms with Gasteiger partial charge in [0.2, 0.25) is 0 Å². The van der Waals surface area contributed by atoms with Crippen LogP contribution in [0.1, 0.15) is 25.7 Å². The topological polar surface area (TPSA) is 30.7 Å². The number of fused-ring (bicyclic) bond motifs is 1. The molecule has 0 N–H and O–H groups in total. The summed E-state index contributed by atoms with van der Waals surface area (Å²) in [7, 11) is 0. The molecule has 2 heterocycles. The largest absolute Gasteiger partial charge is 0.324 e. The van der Waals surface area contributed by atoms with Crippen molar-refractivity contribution in [3.05, 3.63) is 46.5 Å². The minimum atomic E-state index is 0.327. The van der Waals surface area contributed by atoms with Crippen molar-refractivity contribution >= 4 is 34.2 Å². The van der Waals surface area contributed by atoms with E-state index in [0.29, 0.717) is 16.1 Å². The second-order valence-electron chi connectivity index (χ2n) is 5.30. The Morgan fingerprint density at radius 3 is 2.52 bits per heavy atom. The van der Waals surface area contributed by atoms with Crippen LogP contribution in [0.4, 0.5) is 0 Å². The minimum Gasteiger partial charge on any atom is -0.324 e. The van der Waals surface area contributed by atoms with Crippen LogP contribution in [0.2, 0.25) is 10.0 Å². The van der Waals surface area contributed by atoms with E-state index >= 15 is 0 Å². The molecule has 1 aromatic carbocycles. The van der Waals surface area contributed by atoms with Gasteiger partial charge in [0.05, 0.1) is 22.3 Å². The van der Waals surface area contributed by atoms with Gasteiger partial charge in [-0.3, -0.25) is 4.98 Å². The number of nitrogens with zero attached hydrogens (tertiary/aromatic N) is 3. The fraction of sp³-hybridized carbons (Fsp3) is 0.250. The van der Waals surface area contributed by atoms with Crippen LogP contribution in [0.15, 0.2) is 30.6 Å². The molecule has 21 heavy (non-hydrogen) atoms. The predicted octanol–water partition coefficient (Wildman–Crippen LogP) is 5.29. The Bertz CT molecular complexity index is 822. The second kappa shape index (κ2) is 5.32. The van der Waals surface area contributed by atoms with Gasteiger partial charge in [0.25, 0.3) is 0 Å². The molecule has 3 rings (SSSR count). The molecule has 0 radical (unpaired) electrons. The Labute approximate surface area is 133 Å². The maximum absolute atomic E-state index is 6.33. The van der Waals surface area contributed by atoms with Gasteiger partial charge in [0.15, 0.2) is 0 Å². The highest BCUT2D eigenvalue weighted by Crippen LogP contribution is 2.34. The highest BCUT2D eigenvalue weighted by molar-refractivity contribution is 6.36. The zero-order valence-corrected chi connectivity index (χ0v) is 13.6. The van der Waals surface area contributed by atoms with Crippen LogP contribution >= 0.6 is 23.2 Å². The van der Waals surface area contributed by atoms with Crippen LogP contribution in [0, 0.1) is 6.92 Å². The molecule has 3 aromatic rings. The molecule has 0 saturated carbocycles. The third kappa shape index (κ3) is 2.41. The SMILES string of the molecule is Cc1nc2c(-c3ccc(Cl)cc3Cl)cncc2n1C(C)C. The third-order valence-electron chi connectivity index (χ3n) is 3.52. The molecule has 0 aliphatic heterocycles. The van der Waals surface area contributed by atoms with Crippen molar-refractivity contribution in [1.29, 1.82) is 0 Å². The van der Waals surface area contributed by atoms with Gasteiger partial charge in [-0.05, 0) is 32.9 Å². The van der Waals surface area contributed by atoms with E-state index in [1.807, 2.05) is 25.3 Å². The number of pyridine rings is 1. The van der Waals surface area contributed by atoms with Crippen LogP contribution < -0.4 is 0 Å². The Morgan fingerprint density at radius 2 is 1.86 bits per heavy atom. The predicted molar refractivity (Wildman–Crippen MR) is 88.1 cm³/mol. The van der Waals surface area contributed by atoms with Crippen molar-refractivity contribution < 1.29 is 0 Å². The zero-order chi connectivity index (χ0) is 15.1. The summed E-state index contributed by atoms with van der Waals surface area (Å²) in [6, 6.07) is 5.80. The van der Waals surface area contributed by atoms with Gasteiger partial charge in [0.1, 0.15) is 5.82 Å². The van der Waals surface area contributed by atoms with E-state index in [1.54, 1.807) is 12.3 Å². The standard InChI is InChI=1S/C16H15Cl2N3/c1-9(2)21-10(3)20-16-13(7-19-8-15(16)21)12-5-4-11(17)6-14(12)18/h4-9H,1-3H3. The smallest absolute Gasteiger partial charge is 0.107 e. The van der Waals surface area contributed by atoms with E-state index in [0.717, 1.165) is 28.0 Å². The van der Waals surface area contributed by atoms with E-state index in [9.17, 15) is 0 Å². The lowest BCUT2D eigenvalue weighted by atomic mass is 10.1. The van der Waals surface area contributed by atoms with E-state index in [2.05, 4.69) is 23.4 Å². The summed E-state index contributed by atoms with van der Waals surface area (Å²) in [5.41, 5.74) is 3.76. The number of halogens is 2. The van der Waals surface area contributed by atoms with Crippen molar-refractivity contribution in [2.24, 2.45) is 0 Å². The van der Waals surface area contributed by atoms with Gasteiger partial charge in [-0.2, -0.15) is 0 Å². The first-order valence-corrected chi connectivity index (χ1v) is 7.52. The number of benzene rings is 1. The van der Waals surface area contributed by atoms with Crippen molar-refractivity contribution in [3.63, 3.8) is 0 Å². The molecule has 0 atom stereocenters. The van der Waals surface area contributed by atoms with Gasteiger partial charge in [-0.1, -0.05) is 29.3 Å². The normalized spacial score (nSPS) is 11.5. The number of imidazole rings is 1. The molecular weight excluding hydrogens is 305 g/mol. The molecule has 5 heteroatoms. The number of rotatable bonds is 2. The summed E-state index contributed by atoms with van der Waals surface area (Å²) in [6.07, 6.45) is 3.65. The number of aryl methyl sites for hydroxylation is 1. The van der Waals surface area contributed by atoms with Crippen LogP contribution in [0.3, 0.4) is 0 Å². The van der Waals surface area contributed by atoms with Gasteiger partial charge in [-0.25, -0.2) is 4.98 Å². The first-order valence-electron chi connectivity index (χ1n) is 6.77. The summed E-state index contributed by atoms with van der Waals surface area (Å²) in [5, 5.41) is 1.22. The van der Waals surface area contributed by atoms with E-state index in [-0.39, 0.29) is 0 Å². The fourth-order valence-corrected chi connectivity index (χ4v) is 3.19. The quantitative estimate of drug-likeness (QED) is 0.642.